The molecular formula is C18H18ClNO2. The number of nitrogens with one attached hydrogen (secondary N) is 1. The Kier molecular flexibility index (Phi) is 4.64. The van der Waals surface area contributed by atoms with Gasteiger partial charge in [-0.05, 0) is 54.7 Å². The van der Waals surface area contributed by atoms with Gasteiger partial charge >= 0.3 is 0 Å². The van der Waals surface area contributed by atoms with Gasteiger partial charge in [0.2, 0.25) is 0 Å². The fraction of sp³-hybridized carbons (Fsp3) is 0.278. The molecule has 0 saturated carbocycles. The SMILES string of the molecule is O=C(COc1ccc(Cl)cc1)N[C@@H]1CCCc2ccccc21. The lowest BCUT2D eigenvalue weighted by molar-refractivity contribution is -0.123. The molecule has 1 N–H and O–H groups in total. The van der Waals surface area contributed by atoms with E-state index >= 15 is 0 Å². The second-order valence-corrected chi connectivity index (χ2v) is 5.89. The first-order chi connectivity index (χ1) is 10.7. The van der Waals surface area contributed by atoms with Gasteiger partial charge in [0, 0.05) is 5.02 Å². The largest absolute Gasteiger partial charge is 0.484 e. The maximum atomic E-state index is 12.1. The smallest absolute Gasteiger partial charge is 0.258 e. The van der Waals surface area contributed by atoms with E-state index in [9.17, 15) is 4.79 Å². The summed E-state index contributed by atoms with van der Waals surface area (Å²) in [7, 11) is 0. The third-order valence-corrected chi connectivity index (χ3v) is 4.14. The molecule has 0 bridgehead atoms. The number of ether oxygens (including phenoxy) is 1. The van der Waals surface area contributed by atoms with E-state index in [4.69, 9.17) is 16.3 Å². The summed E-state index contributed by atoms with van der Waals surface area (Å²) >= 11 is 5.82. The predicted molar refractivity (Wildman–Crippen MR) is 87.2 cm³/mol. The van der Waals surface area contributed by atoms with Crippen LogP contribution in [0.5, 0.6) is 5.75 Å². The highest BCUT2D eigenvalue weighted by Gasteiger charge is 2.21. The Balaban J connectivity index is 1.57. The normalized spacial score (nSPS) is 16.7. The maximum Gasteiger partial charge on any atom is 0.258 e. The van der Waals surface area contributed by atoms with E-state index in [2.05, 4.69) is 17.4 Å². The molecule has 4 heteroatoms. The minimum atomic E-state index is -0.100. The van der Waals surface area contributed by atoms with Gasteiger partial charge in [-0.15, -0.1) is 0 Å². The fourth-order valence-corrected chi connectivity index (χ4v) is 2.95. The van der Waals surface area contributed by atoms with E-state index in [1.165, 1.54) is 11.1 Å². The molecule has 0 aliphatic heterocycles. The van der Waals surface area contributed by atoms with Crippen molar-refractivity contribution in [1.82, 2.24) is 5.32 Å². The van der Waals surface area contributed by atoms with E-state index in [1.54, 1.807) is 24.3 Å². The molecule has 0 unspecified atom stereocenters. The molecule has 3 nitrogen and oxygen atoms in total. The molecule has 0 spiro atoms. The van der Waals surface area contributed by atoms with Gasteiger partial charge in [0.25, 0.3) is 5.91 Å². The monoisotopic (exact) mass is 315 g/mol. The van der Waals surface area contributed by atoms with E-state index in [0.717, 1.165) is 19.3 Å². The molecule has 1 aliphatic rings. The number of hydrogen-bond donors (Lipinski definition) is 1. The Hall–Kier alpha value is -2.00. The zero-order valence-corrected chi connectivity index (χ0v) is 13.0. The van der Waals surface area contributed by atoms with Crippen molar-refractivity contribution in [1.29, 1.82) is 0 Å². The van der Waals surface area contributed by atoms with Gasteiger partial charge in [0.15, 0.2) is 6.61 Å². The fourth-order valence-electron chi connectivity index (χ4n) is 2.82. The summed E-state index contributed by atoms with van der Waals surface area (Å²) in [5.74, 6) is 0.542. The van der Waals surface area contributed by atoms with E-state index in [-0.39, 0.29) is 18.6 Å². The van der Waals surface area contributed by atoms with Crippen LogP contribution in [0.1, 0.15) is 30.0 Å². The number of carbonyl (C=O) groups excluding carboxylic acids is 1. The second kappa shape index (κ2) is 6.84. The van der Waals surface area contributed by atoms with Crippen molar-refractivity contribution >= 4 is 17.5 Å². The van der Waals surface area contributed by atoms with Crippen LogP contribution in [0.3, 0.4) is 0 Å². The Morgan fingerprint density at radius 2 is 1.95 bits per heavy atom. The molecule has 2 aromatic carbocycles. The average Bonchev–Trinajstić information content (AvgIpc) is 2.55. The number of hydrogen-bond acceptors (Lipinski definition) is 2. The number of fused-ring (bicyclic) bond motifs is 1. The lowest BCUT2D eigenvalue weighted by Crippen LogP contribution is -2.34. The molecule has 22 heavy (non-hydrogen) atoms. The molecule has 0 fully saturated rings. The summed E-state index contributed by atoms with van der Waals surface area (Å²) in [5.41, 5.74) is 2.56. The van der Waals surface area contributed by atoms with Gasteiger partial charge in [-0.1, -0.05) is 35.9 Å². The molecule has 1 aliphatic carbocycles. The predicted octanol–water partition coefficient (Wildman–Crippen LogP) is 3.91. The number of aryl methyl sites for hydroxylation is 1. The molecule has 1 atom stereocenters. The topological polar surface area (TPSA) is 38.3 Å². The second-order valence-electron chi connectivity index (χ2n) is 5.45. The Morgan fingerprint density at radius 3 is 2.77 bits per heavy atom. The molecule has 1 amide bonds. The molecule has 114 valence electrons. The summed E-state index contributed by atoms with van der Waals surface area (Å²) in [6.45, 7) is 0.0142. The first-order valence-electron chi connectivity index (χ1n) is 7.48. The summed E-state index contributed by atoms with van der Waals surface area (Å²) < 4.78 is 5.48. The van der Waals surface area contributed by atoms with Crippen molar-refractivity contribution < 1.29 is 9.53 Å². The van der Waals surface area contributed by atoms with Crippen molar-refractivity contribution in [2.45, 2.75) is 25.3 Å². The minimum absolute atomic E-state index is 0.0142. The van der Waals surface area contributed by atoms with Crippen molar-refractivity contribution in [3.8, 4) is 5.75 Å². The van der Waals surface area contributed by atoms with E-state index in [1.807, 2.05) is 12.1 Å². The van der Waals surface area contributed by atoms with Crippen LogP contribution in [0.4, 0.5) is 0 Å². The van der Waals surface area contributed by atoms with Gasteiger partial charge in [-0.2, -0.15) is 0 Å². The molecule has 0 radical (unpaired) electrons. The lowest BCUT2D eigenvalue weighted by atomic mass is 9.88. The molecule has 0 aromatic heterocycles. The van der Waals surface area contributed by atoms with Gasteiger partial charge < -0.3 is 10.1 Å². The molecular weight excluding hydrogens is 298 g/mol. The van der Waals surface area contributed by atoms with Crippen molar-refractivity contribution in [3.05, 3.63) is 64.7 Å². The average molecular weight is 316 g/mol. The first-order valence-corrected chi connectivity index (χ1v) is 7.86. The maximum absolute atomic E-state index is 12.1. The molecule has 2 aromatic rings. The molecule has 0 saturated heterocycles. The van der Waals surface area contributed by atoms with Crippen LogP contribution in [0, 0.1) is 0 Å². The quantitative estimate of drug-likeness (QED) is 0.929. The molecule has 3 rings (SSSR count). The summed E-state index contributed by atoms with van der Waals surface area (Å²) in [5, 5.41) is 3.72. The van der Waals surface area contributed by atoms with Crippen LogP contribution in [0.15, 0.2) is 48.5 Å². The molecule has 0 heterocycles. The van der Waals surface area contributed by atoms with Crippen LogP contribution in [0.2, 0.25) is 5.02 Å². The van der Waals surface area contributed by atoms with Crippen LogP contribution in [-0.4, -0.2) is 12.5 Å². The van der Waals surface area contributed by atoms with Crippen molar-refractivity contribution in [2.75, 3.05) is 6.61 Å². The van der Waals surface area contributed by atoms with Crippen molar-refractivity contribution in [3.63, 3.8) is 0 Å². The van der Waals surface area contributed by atoms with Crippen LogP contribution in [-0.2, 0) is 11.2 Å². The van der Waals surface area contributed by atoms with Crippen LogP contribution >= 0.6 is 11.6 Å². The Bertz CT molecular complexity index is 654. The Morgan fingerprint density at radius 1 is 1.18 bits per heavy atom. The number of amides is 1. The highest BCUT2D eigenvalue weighted by Crippen LogP contribution is 2.29. The minimum Gasteiger partial charge on any atom is -0.484 e. The zero-order chi connectivity index (χ0) is 15.4. The van der Waals surface area contributed by atoms with Gasteiger partial charge in [0.1, 0.15) is 5.75 Å². The van der Waals surface area contributed by atoms with E-state index in [0.29, 0.717) is 10.8 Å². The standard InChI is InChI=1S/C18H18ClNO2/c19-14-8-10-15(11-9-14)22-12-18(21)20-17-7-3-5-13-4-1-2-6-16(13)17/h1-2,4,6,8-11,17H,3,5,7,12H2,(H,20,21)/t17-/m1/s1. The number of rotatable bonds is 4. The number of carbonyl (C=O) groups is 1. The van der Waals surface area contributed by atoms with E-state index < -0.39 is 0 Å². The summed E-state index contributed by atoms with van der Waals surface area (Å²) in [6, 6.07) is 15.4. The number of benzene rings is 2. The summed E-state index contributed by atoms with van der Waals surface area (Å²) in [6.07, 6.45) is 3.16. The Labute approximate surface area is 135 Å². The highest BCUT2D eigenvalue weighted by molar-refractivity contribution is 6.30. The van der Waals surface area contributed by atoms with Gasteiger partial charge in [-0.3, -0.25) is 4.79 Å². The van der Waals surface area contributed by atoms with Crippen LogP contribution in [0.25, 0.3) is 0 Å². The lowest BCUT2D eigenvalue weighted by Gasteiger charge is -2.26. The highest BCUT2D eigenvalue weighted by atomic mass is 35.5. The van der Waals surface area contributed by atoms with Gasteiger partial charge in [0.05, 0.1) is 6.04 Å². The zero-order valence-electron chi connectivity index (χ0n) is 12.2. The number of halogens is 1. The summed E-state index contributed by atoms with van der Waals surface area (Å²) in [4.78, 5) is 12.1. The van der Waals surface area contributed by atoms with Gasteiger partial charge in [-0.25, -0.2) is 0 Å². The van der Waals surface area contributed by atoms with Crippen LogP contribution < -0.4 is 10.1 Å². The third-order valence-electron chi connectivity index (χ3n) is 3.89. The first kappa shape index (κ1) is 14.9. The third kappa shape index (κ3) is 3.60. The van der Waals surface area contributed by atoms with Crippen molar-refractivity contribution in [2.24, 2.45) is 0 Å².